The number of aryl methyl sites for hydroxylation is 1. The van der Waals surface area contributed by atoms with Gasteiger partial charge in [0.05, 0.1) is 17.4 Å². The van der Waals surface area contributed by atoms with Gasteiger partial charge in [0.1, 0.15) is 0 Å². The standard InChI is InChI=1S/C24H17BrN4O3/c1-14-2-4-15(5-3-14)13-29-23(30)19-11-8-17(12-20(19)26-24(29)31)22-27-21(28-32-22)16-6-9-18(25)10-7-16/h2-12H,13H2,1H3,(H,26,31). The number of H-pyrrole nitrogens is 1. The summed E-state index contributed by atoms with van der Waals surface area (Å²) in [5, 5.41) is 4.45. The van der Waals surface area contributed by atoms with Crippen LogP contribution >= 0.6 is 15.9 Å². The highest BCUT2D eigenvalue weighted by atomic mass is 79.9. The van der Waals surface area contributed by atoms with Gasteiger partial charge in [0.15, 0.2) is 0 Å². The second-order valence-electron chi connectivity index (χ2n) is 7.50. The summed E-state index contributed by atoms with van der Waals surface area (Å²) >= 11 is 3.40. The topological polar surface area (TPSA) is 93.8 Å². The summed E-state index contributed by atoms with van der Waals surface area (Å²) in [6.45, 7) is 2.19. The van der Waals surface area contributed by atoms with Crippen LogP contribution in [0.5, 0.6) is 0 Å². The second-order valence-corrected chi connectivity index (χ2v) is 8.41. The van der Waals surface area contributed by atoms with Crippen molar-refractivity contribution in [2.45, 2.75) is 13.5 Å². The molecule has 1 N–H and O–H groups in total. The molecule has 5 aromatic rings. The van der Waals surface area contributed by atoms with Crippen LogP contribution in [0.4, 0.5) is 0 Å². The Labute approximate surface area is 190 Å². The SMILES string of the molecule is Cc1ccc(Cn2c(=O)[nH]c3cc(-c4nc(-c5ccc(Br)cc5)no4)ccc3c2=O)cc1. The molecule has 0 aliphatic rings. The van der Waals surface area contributed by atoms with Crippen LogP contribution in [0.25, 0.3) is 33.7 Å². The number of benzene rings is 3. The lowest BCUT2D eigenvalue weighted by Gasteiger charge is -2.07. The lowest BCUT2D eigenvalue weighted by molar-refractivity contribution is 0.432. The number of aromatic amines is 1. The van der Waals surface area contributed by atoms with Gasteiger partial charge >= 0.3 is 5.69 Å². The third-order valence-corrected chi connectivity index (χ3v) is 5.75. The van der Waals surface area contributed by atoms with E-state index in [1.165, 1.54) is 4.57 Å². The average molecular weight is 489 g/mol. The van der Waals surface area contributed by atoms with Gasteiger partial charge < -0.3 is 9.51 Å². The van der Waals surface area contributed by atoms with E-state index < -0.39 is 5.69 Å². The molecule has 0 bridgehead atoms. The number of hydrogen-bond donors (Lipinski definition) is 1. The van der Waals surface area contributed by atoms with Crippen molar-refractivity contribution in [1.29, 1.82) is 0 Å². The molecule has 0 radical (unpaired) electrons. The minimum atomic E-state index is -0.471. The third-order valence-electron chi connectivity index (χ3n) is 5.22. The first-order valence-electron chi connectivity index (χ1n) is 9.90. The van der Waals surface area contributed by atoms with Crippen molar-refractivity contribution in [2.24, 2.45) is 0 Å². The first-order valence-corrected chi connectivity index (χ1v) is 10.7. The predicted octanol–water partition coefficient (Wildman–Crippen LogP) is 4.53. The van der Waals surface area contributed by atoms with E-state index in [2.05, 4.69) is 31.1 Å². The van der Waals surface area contributed by atoms with E-state index in [4.69, 9.17) is 4.52 Å². The average Bonchev–Trinajstić information content (AvgIpc) is 3.28. The molecule has 8 heteroatoms. The minimum Gasteiger partial charge on any atom is -0.334 e. The maximum absolute atomic E-state index is 13.0. The van der Waals surface area contributed by atoms with Gasteiger partial charge in [0.2, 0.25) is 5.82 Å². The van der Waals surface area contributed by atoms with Crippen molar-refractivity contribution in [3.63, 3.8) is 0 Å². The summed E-state index contributed by atoms with van der Waals surface area (Å²) in [5.74, 6) is 0.754. The van der Waals surface area contributed by atoms with E-state index >= 15 is 0 Å². The van der Waals surface area contributed by atoms with E-state index in [-0.39, 0.29) is 12.1 Å². The quantitative estimate of drug-likeness (QED) is 0.401. The molecule has 0 fully saturated rings. The van der Waals surface area contributed by atoms with E-state index in [0.29, 0.717) is 28.2 Å². The highest BCUT2D eigenvalue weighted by Crippen LogP contribution is 2.24. The van der Waals surface area contributed by atoms with Gasteiger partial charge in [0.25, 0.3) is 11.4 Å². The smallest absolute Gasteiger partial charge is 0.329 e. The van der Waals surface area contributed by atoms with Crippen molar-refractivity contribution in [1.82, 2.24) is 19.7 Å². The molecular weight excluding hydrogens is 472 g/mol. The van der Waals surface area contributed by atoms with Crippen LogP contribution in [0, 0.1) is 6.92 Å². The molecule has 0 amide bonds. The van der Waals surface area contributed by atoms with Crippen molar-refractivity contribution < 1.29 is 4.52 Å². The molecule has 0 unspecified atom stereocenters. The fraction of sp³-hybridized carbons (Fsp3) is 0.0833. The summed E-state index contributed by atoms with van der Waals surface area (Å²) in [6.07, 6.45) is 0. The van der Waals surface area contributed by atoms with Crippen molar-refractivity contribution in [3.8, 4) is 22.8 Å². The number of rotatable bonds is 4. The van der Waals surface area contributed by atoms with Crippen LogP contribution in [-0.2, 0) is 6.54 Å². The third kappa shape index (κ3) is 3.80. The summed E-state index contributed by atoms with van der Waals surface area (Å²) in [4.78, 5) is 32.9. The maximum atomic E-state index is 13.0. The Morgan fingerprint density at radius 1 is 0.969 bits per heavy atom. The summed E-state index contributed by atoms with van der Waals surface area (Å²) in [7, 11) is 0. The van der Waals surface area contributed by atoms with E-state index in [0.717, 1.165) is 21.2 Å². The minimum absolute atomic E-state index is 0.201. The van der Waals surface area contributed by atoms with Crippen LogP contribution in [-0.4, -0.2) is 19.7 Å². The molecule has 3 aromatic carbocycles. The number of aromatic nitrogens is 4. The largest absolute Gasteiger partial charge is 0.334 e. The molecule has 158 valence electrons. The van der Waals surface area contributed by atoms with E-state index in [1.54, 1.807) is 18.2 Å². The van der Waals surface area contributed by atoms with Gasteiger partial charge in [-0.1, -0.05) is 50.9 Å². The molecule has 0 saturated carbocycles. The fourth-order valence-electron chi connectivity index (χ4n) is 3.46. The Hall–Kier alpha value is -3.78. The van der Waals surface area contributed by atoms with Crippen molar-refractivity contribution in [2.75, 3.05) is 0 Å². The molecule has 7 nitrogen and oxygen atoms in total. The van der Waals surface area contributed by atoms with Gasteiger partial charge in [-0.3, -0.25) is 9.36 Å². The molecule has 0 atom stereocenters. The molecule has 0 spiro atoms. The maximum Gasteiger partial charge on any atom is 0.329 e. The molecule has 5 rings (SSSR count). The summed E-state index contributed by atoms with van der Waals surface area (Å²) < 4.78 is 7.56. The van der Waals surface area contributed by atoms with Crippen LogP contribution in [0.2, 0.25) is 0 Å². The van der Waals surface area contributed by atoms with Crippen LogP contribution in [0.1, 0.15) is 11.1 Å². The second kappa shape index (κ2) is 8.05. The number of hydrogen-bond acceptors (Lipinski definition) is 5. The lowest BCUT2D eigenvalue weighted by Crippen LogP contribution is -2.35. The van der Waals surface area contributed by atoms with Gasteiger partial charge in [-0.15, -0.1) is 0 Å². The van der Waals surface area contributed by atoms with Gasteiger partial charge in [-0.2, -0.15) is 4.98 Å². The highest BCUT2D eigenvalue weighted by molar-refractivity contribution is 9.10. The summed E-state index contributed by atoms with van der Waals surface area (Å²) in [6, 6.07) is 20.4. The normalized spacial score (nSPS) is 11.2. The fourth-order valence-corrected chi connectivity index (χ4v) is 3.73. The number of halogens is 1. The molecule has 2 aromatic heterocycles. The molecule has 0 aliphatic carbocycles. The first kappa shape index (κ1) is 20.1. The monoisotopic (exact) mass is 488 g/mol. The first-order chi connectivity index (χ1) is 15.5. The Morgan fingerprint density at radius 2 is 1.69 bits per heavy atom. The highest BCUT2D eigenvalue weighted by Gasteiger charge is 2.14. The van der Waals surface area contributed by atoms with Crippen LogP contribution in [0.15, 0.2) is 85.3 Å². The Balaban J connectivity index is 1.51. The van der Waals surface area contributed by atoms with Crippen molar-refractivity contribution in [3.05, 3.63) is 103 Å². The lowest BCUT2D eigenvalue weighted by atomic mass is 10.1. The van der Waals surface area contributed by atoms with E-state index in [1.807, 2.05) is 55.5 Å². The van der Waals surface area contributed by atoms with Gasteiger partial charge in [-0.05, 0) is 55.0 Å². The number of nitrogens with one attached hydrogen (secondary N) is 1. The molecule has 0 saturated heterocycles. The Kier molecular flexibility index (Phi) is 5.07. The van der Waals surface area contributed by atoms with Crippen LogP contribution < -0.4 is 11.2 Å². The number of fused-ring (bicyclic) bond motifs is 1. The summed E-state index contributed by atoms with van der Waals surface area (Å²) in [5.41, 5.74) is 3.02. The van der Waals surface area contributed by atoms with Crippen LogP contribution in [0.3, 0.4) is 0 Å². The van der Waals surface area contributed by atoms with Gasteiger partial charge in [0, 0.05) is 15.6 Å². The Morgan fingerprint density at radius 3 is 2.44 bits per heavy atom. The molecular formula is C24H17BrN4O3. The zero-order valence-electron chi connectivity index (χ0n) is 17.0. The van der Waals surface area contributed by atoms with Crippen molar-refractivity contribution >= 4 is 26.8 Å². The number of nitrogens with zero attached hydrogens (tertiary/aromatic N) is 3. The molecule has 32 heavy (non-hydrogen) atoms. The molecule has 0 aliphatic heterocycles. The predicted molar refractivity (Wildman–Crippen MR) is 126 cm³/mol. The zero-order chi connectivity index (χ0) is 22.2. The zero-order valence-corrected chi connectivity index (χ0v) is 18.6. The molecule has 2 heterocycles. The Bertz CT molecular complexity index is 1550. The van der Waals surface area contributed by atoms with Gasteiger partial charge in [-0.25, -0.2) is 4.79 Å². The van der Waals surface area contributed by atoms with E-state index in [9.17, 15) is 9.59 Å².